The molecule has 0 bridgehead atoms. The van der Waals surface area contributed by atoms with Gasteiger partial charge in [-0.1, -0.05) is 50.6 Å². The largest absolute Gasteiger partial charge is 0.469 e. The maximum atomic E-state index is 11.8. The number of aromatic nitrogens is 1. The fraction of sp³-hybridized carbons (Fsp3) is 0.481. The average Bonchev–Trinajstić information content (AvgIpc) is 3.16. The van der Waals surface area contributed by atoms with Crippen molar-refractivity contribution in [2.75, 3.05) is 20.3 Å². The molecule has 0 saturated carbocycles. The summed E-state index contributed by atoms with van der Waals surface area (Å²) in [7, 11) is 1.44. The molecule has 0 radical (unpaired) electrons. The molecule has 0 unspecified atom stereocenters. The van der Waals surface area contributed by atoms with Gasteiger partial charge in [-0.25, -0.2) is 4.98 Å². The van der Waals surface area contributed by atoms with E-state index >= 15 is 0 Å². The lowest BCUT2D eigenvalue weighted by Crippen LogP contribution is -2.14. The lowest BCUT2D eigenvalue weighted by molar-refractivity contribution is -0.144. The van der Waals surface area contributed by atoms with Crippen molar-refractivity contribution in [1.82, 2.24) is 4.98 Å². The van der Waals surface area contributed by atoms with Gasteiger partial charge in [-0.05, 0) is 56.4 Å². The van der Waals surface area contributed by atoms with E-state index in [1.807, 2.05) is 26.0 Å². The first-order valence-electron chi connectivity index (χ1n) is 11.5. The molecule has 5 heteroatoms. The number of nitrogens with zero attached hydrogens (tertiary/aromatic N) is 1. The van der Waals surface area contributed by atoms with Crippen LogP contribution in [0.1, 0.15) is 57.1 Å². The number of carbonyl (C=O) groups is 1. The maximum Gasteiger partial charge on any atom is 0.308 e. The lowest BCUT2D eigenvalue weighted by atomic mass is 9.92. The predicted octanol–water partition coefficient (Wildman–Crippen LogP) is 6.39. The Balaban J connectivity index is 1.93. The van der Waals surface area contributed by atoms with Crippen LogP contribution < -0.4 is 0 Å². The molecule has 1 heterocycles. The molecule has 0 saturated heterocycles. The highest BCUT2D eigenvalue weighted by Crippen LogP contribution is 2.24. The number of allylic oxidation sites excluding steroid dienone is 3. The van der Waals surface area contributed by atoms with Crippen molar-refractivity contribution < 1.29 is 18.7 Å². The number of rotatable bonds is 12. The fourth-order valence-electron chi connectivity index (χ4n) is 3.68. The number of aryl methyl sites for hydroxylation is 2. The number of oxazole rings is 1. The van der Waals surface area contributed by atoms with Crippen molar-refractivity contribution in [2.45, 2.75) is 60.3 Å². The molecular formula is C27H37NO4. The van der Waals surface area contributed by atoms with Crippen molar-refractivity contribution in [3.8, 4) is 11.5 Å². The Bertz CT molecular complexity index is 939. The molecule has 1 aromatic carbocycles. The van der Waals surface area contributed by atoms with Gasteiger partial charge in [0.15, 0.2) is 0 Å². The molecule has 0 aliphatic heterocycles. The molecule has 0 fully saturated rings. The Hall–Kier alpha value is -2.66. The van der Waals surface area contributed by atoms with E-state index in [0.717, 1.165) is 29.9 Å². The zero-order valence-electron chi connectivity index (χ0n) is 20.4. The van der Waals surface area contributed by atoms with Crippen LogP contribution in [-0.4, -0.2) is 31.3 Å². The molecule has 2 aromatic rings. The molecular weight excluding hydrogens is 402 g/mol. The number of hydrogen-bond acceptors (Lipinski definition) is 5. The number of methoxy groups -OCH3 is 1. The van der Waals surface area contributed by atoms with Crippen LogP contribution in [-0.2, 0) is 20.7 Å². The Morgan fingerprint density at radius 2 is 1.97 bits per heavy atom. The normalized spacial score (nSPS) is 13.3. The Kier molecular flexibility index (Phi) is 10.4. The smallest absolute Gasteiger partial charge is 0.308 e. The van der Waals surface area contributed by atoms with Crippen LogP contribution in [0.4, 0.5) is 0 Å². The molecule has 0 N–H and O–H groups in total. The van der Waals surface area contributed by atoms with Gasteiger partial charge in [0.05, 0.1) is 31.9 Å². The average molecular weight is 440 g/mol. The van der Waals surface area contributed by atoms with E-state index in [0.29, 0.717) is 31.9 Å². The number of carbonyl (C=O) groups excluding carboxylic acids is 1. The minimum atomic E-state index is -0.174. The minimum absolute atomic E-state index is 0.161. The molecule has 174 valence electrons. The third-order valence-electron chi connectivity index (χ3n) is 5.46. The lowest BCUT2D eigenvalue weighted by Gasteiger charge is -2.15. The van der Waals surface area contributed by atoms with Crippen LogP contribution in [0.15, 0.2) is 52.0 Å². The van der Waals surface area contributed by atoms with Crippen LogP contribution in [0, 0.1) is 19.8 Å². The summed E-state index contributed by atoms with van der Waals surface area (Å²) in [5, 5.41) is 0. The Morgan fingerprint density at radius 3 is 2.62 bits per heavy atom. The van der Waals surface area contributed by atoms with Gasteiger partial charge in [-0.3, -0.25) is 4.79 Å². The first-order valence-corrected chi connectivity index (χ1v) is 11.5. The molecule has 5 nitrogen and oxygen atoms in total. The summed E-state index contributed by atoms with van der Waals surface area (Å²) in [6.07, 6.45) is 7.52. The molecule has 0 aliphatic carbocycles. The second kappa shape index (κ2) is 13.0. The van der Waals surface area contributed by atoms with E-state index in [4.69, 9.17) is 13.9 Å². The number of benzene rings is 1. The quantitative estimate of drug-likeness (QED) is 0.218. The Morgan fingerprint density at radius 1 is 1.19 bits per heavy atom. The standard InChI is InChI=1S/C27H37NO4/c1-7-10-23(18-20(4)27(29)30-6)22(8-2)13-15-31-16-14-25-21(5)32-26(28-25)24-12-9-11-19(3)17-24/h9-13,17,20H,7-8,14-16,18H2,1-6H3/b22-13-,23-10-/t20-/m0/s1. The van der Waals surface area contributed by atoms with Gasteiger partial charge in [0.25, 0.3) is 0 Å². The van der Waals surface area contributed by atoms with Crippen LogP contribution in [0.3, 0.4) is 0 Å². The molecule has 1 aromatic heterocycles. The SMILES string of the molecule is CC/C=C(C[C@H](C)C(=O)OC)\C(=C/COCCc1nc(-c2cccc(C)c2)oc1C)CC. The van der Waals surface area contributed by atoms with Crippen molar-refractivity contribution >= 4 is 5.97 Å². The second-order valence-electron chi connectivity index (χ2n) is 8.07. The summed E-state index contributed by atoms with van der Waals surface area (Å²) in [4.78, 5) is 16.5. The molecule has 1 atom stereocenters. The zero-order valence-corrected chi connectivity index (χ0v) is 20.4. The molecule has 0 amide bonds. The van der Waals surface area contributed by atoms with E-state index in [9.17, 15) is 4.79 Å². The van der Waals surface area contributed by atoms with Crippen LogP contribution in [0.5, 0.6) is 0 Å². The zero-order chi connectivity index (χ0) is 23.5. The van der Waals surface area contributed by atoms with Gasteiger partial charge in [-0.2, -0.15) is 0 Å². The molecule has 32 heavy (non-hydrogen) atoms. The van der Waals surface area contributed by atoms with Gasteiger partial charge < -0.3 is 13.9 Å². The summed E-state index contributed by atoms with van der Waals surface area (Å²) < 4.78 is 16.6. The van der Waals surface area contributed by atoms with Gasteiger partial charge >= 0.3 is 5.97 Å². The van der Waals surface area contributed by atoms with Crippen LogP contribution in [0.2, 0.25) is 0 Å². The first-order chi connectivity index (χ1) is 15.4. The predicted molar refractivity (Wildman–Crippen MR) is 128 cm³/mol. The Labute approximate surface area is 192 Å². The number of esters is 1. The minimum Gasteiger partial charge on any atom is -0.469 e. The van der Waals surface area contributed by atoms with E-state index in [1.165, 1.54) is 23.8 Å². The highest BCUT2D eigenvalue weighted by atomic mass is 16.5. The highest BCUT2D eigenvalue weighted by Gasteiger charge is 2.16. The summed E-state index contributed by atoms with van der Waals surface area (Å²) in [6, 6.07) is 8.16. The van der Waals surface area contributed by atoms with Gasteiger partial charge in [0.1, 0.15) is 5.76 Å². The maximum absolute atomic E-state index is 11.8. The number of hydrogen-bond donors (Lipinski definition) is 0. The highest BCUT2D eigenvalue weighted by molar-refractivity contribution is 5.72. The summed E-state index contributed by atoms with van der Waals surface area (Å²) in [6.45, 7) is 11.2. The van der Waals surface area contributed by atoms with Crippen LogP contribution >= 0.6 is 0 Å². The van der Waals surface area contributed by atoms with Crippen LogP contribution in [0.25, 0.3) is 11.5 Å². The van der Waals surface area contributed by atoms with Gasteiger partial charge in [-0.15, -0.1) is 0 Å². The van der Waals surface area contributed by atoms with Gasteiger partial charge in [0.2, 0.25) is 5.89 Å². The monoisotopic (exact) mass is 439 g/mol. The molecule has 2 rings (SSSR count). The number of ether oxygens (including phenoxy) is 2. The summed E-state index contributed by atoms with van der Waals surface area (Å²) in [5.74, 6) is 1.15. The van der Waals surface area contributed by atoms with E-state index in [1.54, 1.807) is 0 Å². The summed E-state index contributed by atoms with van der Waals surface area (Å²) in [5.41, 5.74) is 5.53. The molecule has 0 spiro atoms. The van der Waals surface area contributed by atoms with E-state index in [2.05, 4.69) is 50.0 Å². The topological polar surface area (TPSA) is 61.6 Å². The van der Waals surface area contributed by atoms with Crippen molar-refractivity contribution in [2.24, 2.45) is 5.92 Å². The first kappa shape index (κ1) is 25.6. The third kappa shape index (κ3) is 7.49. The van der Waals surface area contributed by atoms with Gasteiger partial charge in [0, 0.05) is 12.0 Å². The van der Waals surface area contributed by atoms with E-state index in [-0.39, 0.29) is 11.9 Å². The fourth-order valence-corrected chi connectivity index (χ4v) is 3.68. The van der Waals surface area contributed by atoms with Crippen molar-refractivity contribution in [1.29, 1.82) is 0 Å². The molecule has 0 aliphatic rings. The third-order valence-corrected chi connectivity index (χ3v) is 5.46. The second-order valence-corrected chi connectivity index (χ2v) is 8.07. The van der Waals surface area contributed by atoms with Crippen molar-refractivity contribution in [3.05, 3.63) is 64.6 Å². The van der Waals surface area contributed by atoms with E-state index < -0.39 is 0 Å². The van der Waals surface area contributed by atoms with Crippen molar-refractivity contribution in [3.63, 3.8) is 0 Å². The summed E-state index contributed by atoms with van der Waals surface area (Å²) >= 11 is 0.